The first-order valence-corrected chi connectivity index (χ1v) is 19.6. The van der Waals surface area contributed by atoms with Gasteiger partial charge in [0, 0.05) is 0 Å². The van der Waals surface area contributed by atoms with Crippen LogP contribution in [0.5, 0.6) is 0 Å². The number of aliphatic hydroxyl groups is 2. The molecule has 10 heteroatoms. The van der Waals surface area contributed by atoms with Gasteiger partial charge in [-0.05, 0) is 34.7 Å². The summed E-state index contributed by atoms with van der Waals surface area (Å²) in [6.07, 6.45) is -9.62. The lowest BCUT2D eigenvalue weighted by molar-refractivity contribution is -0.374. The molecule has 10 nitrogen and oxygen atoms in total. The lowest BCUT2D eigenvalue weighted by atomic mass is 9.96. The number of rotatable bonds is 18. The van der Waals surface area contributed by atoms with Crippen LogP contribution in [0.4, 0.5) is 0 Å². The fraction of sp³-hybridized carbons (Fsp3) is 0.362. The Bertz CT molecular complexity index is 1850. The predicted molar refractivity (Wildman–Crippen MR) is 212 cm³/mol. The molecule has 2 heterocycles. The molecule has 2 aliphatic rings. The molecule has 0 unspecified atom stereocenters. The van der Waals surface area contributed by atoms with Gasteiger partial charge in [-0.25, -0.2) is 0 Å². The summed E-state index contributed by atoms with van der Waals surface area (Å²) >= 11 is 0. The molecule has 2 N–H and O–H groups in total. The maximum atomic E-state index is 12.0. The van der Waals surface area contributed by atoms with Crippen molar-refractivity contribution in [2.75, 3.05) is 6.61 Å². The normalized spacial score (nSPS) is 27.6. The van der Waals surface area contributed by atoms with Crippen LogP contribution in [0.25, 0.3) is 0 Å². The summed E-state index contributed by atoms with van der Waals surface area (Å²) in [7, 11) is 0. The molecule has 300 valence electrons. The summed E-state index contributed by atoms with van der Waals surface area (Å²) in [6, 6.07) is 48.9. The molecule has 0 radical (unpaired) electrons. The number of hydrogen-bond acceptors (Lipinski definition) is 10. The summed E-state index contributed by atoms with van der Waals surface area (Å²) in [4.78, 5) is 0. The van der Waals surface area contributed by atoms with E-state index in [1.54, 1.807) is 0 Å². The Kier molecular flexibility index (Phi) is 15.0. The van der Waals surface area contributed by atoms with Gasteiger partial charge in [0.25, 0.3) is 0 Å². The highest BCUT2D eigenvalue weighted by molar-refractivity contribution is 5.17. The lowest BCUT2D eigenvalue weighted by Gasteiger charge is -2.48. The highest BCUT2D eigenvalue weighted by atomic mass is 16.8. The number of benzene rings is 5. The second kappa shape index (κ2) is 20.9. The molecule has 0 bridgehead atoms. The molecule has 7 rings (SSSR count). The molecule has 5 aromatic carbocycles. The average molecular weight is 777 g/mol. The second-order valence-electron chi connectivity index (χ2n) is 14.4. The maximum Gasteiger partial charge on any atom is 0.187 e. The maximum absolute atomic E-state index is 12.0. The molecule has 0 spiro atoms. The van der Waals surface area contributed by atoms with Gasteiger partial charge in [-0.15, -0.1) is 0 Å². The molecule has 2 aliphatic heterocycles. The van der Waals surface area contributed by atoms with Crippen molar-refractivity contribution in [3.63, 3.8) is 0 Å². The summed E-state index contributed by atoms with van der Waals surface area (Å²) in [6.45, 7) is 3.09. The zero-order valence-electron chi connectivity index (χ0n) is 32.1. The van der Waals surface area contributed by atoms with Crippen LogP contribution >= 0.6 is 0 Å². The van der Waals surface area contributed by atoms with E-state index in [0.717, 1.165) is 27.8 Å². The smallest absolute Gasteiger partial charge is 0.187 e. The molecule has 5 aromatic rings. The average Bonchev–Trinajstić information content (AvgIpc) is 3.25. The zero-order valence-corrected chi connectivity index (χ0v) is 32.1. The minimum absolute atomic E-state index is 0.0318. The summed E-state index contributed by atoms with van der Waals surface area (Å²) in [5.41, 5.74) is 4.73. The van der Waals surface area contributed by atoms with Crippen molar-refractivity contribution in [3.05, 3.63) is 179 Å². The van der Waals surface area contributed by atoms with Crippen molar-refractivity contribution in [2.45, 2.75) is 101 Å². The molecule has 2 fully saturated rings. The largest absolute Gasteiger partial charge is 0.387 e. The highest BCUT2D eigenvalue weighted by Crippen LogP contribution is 2.34. The lowest BCUT2D eigenvalue weighted by Crippen LogP contribution is -2.65. The topological polar surface area (TPSA) is 114 Å². The van der Waals surface area contributed by atoms with Crippen molar-refractivity contribution in [3.8, 4) is 0 Å². The summed E-state index contributed by atoms with van der Waals surface area (Å²) in [5.74, 6) is 0. The van der Waals surface area contributed by atoms with Gasteiger partial charge in [-0.1, -0.05) is 152 Å². The molecular weight excluding hydrogens is 725 g/mol. The Morgan fingerprint density at radius 3 is 1.28 bits per heavy atom. The highest BCUT2D eigenvalue weighted by Gasteiger charge is 2.52. The van der Waals surface area contributed by atoms with Gasteiger partial charge < -0.3 is 48.1 Å². The van der Waals surface area contributed by atoms with Gasteiger partial charge in [0.15, 0.2) is 12.6 Å². The van der Waals surface area contributed by atoms with E-state index in [2.05, 4.69) is 0 Å². The molecule has 2 saturated heterocycles. The van der Waals surface area contributed by atoms with Crippen LogP contribution in [0.2, 0.25) is 0 Å². The first-order valence-electron chi connectivity index (χ1n) is 19.6. The van der Waals surface area contributed by atoms with E-state index in [1.807, 2.05) is 159 Å². The van der Waals surface area contributed by atoms with Crippen molar-refractivity contribution in [1.82, 2.24) is 0 Å². The van der Waals surface area contributed by atoms with Gasteiger partial charge >= 0.3 is 0 Å². The minimum Gasteiger partial charge on any atom is -0.387 e. The van der Waals surface area contributed by atoms with Crippen LogP contribution in [0, 0.1) is 0 Å². The molecule has 0 aromatic heterocycles. The van der Waals surface area contributed by atoms with Crippen molar-refractivity contribution in [1.29, 1.82) is 0 Å². The molecule has 10 atom stereocenters. The van der Waals surface area contributed by atoms with E-state index in [0.29, 0.717) is 13.2 Å². The van der Waals surface area contributed by atoms with Gasteiger partial charge in [-0.2, -0.15) is 0 Å². The number of hydrogen-bond donors (Lipinski definition) is 2. The van der Waals surface area contributed by atoms with Crippen LogP contribution in [-0.4, -0.2) is 78.2 Å². The van der Waals surface area contributed by atoms with Crippen LogP contribution in [0.3, 0.4) is 0 Å². The number of ether oxygens (including phenoxy) is 8. The third-order valence-corrected chi connectivity index (χ3v) is 10.2. The molecule has 0 aliphatic carbocycles. The quantitative estimate of drug-likeness (QED) is 0.0991. The van der Waals surface area contributed by atoms with Gasteiger partial charge in [0.2, 0.25) is 0 Å². The Balaban J connectivity index is 1.18. The van der Waals surface area contributed by atoms with E-state index in [-0.39, 0.29) is 26.4 Å². The van der Waals surface area contributed by atoms with Gasteiger partial charge in [-0.3, -0.25) is 0 Å². The standard InChI is InChI=1S/C47H52O10/c1-33-41(51-28-35-19-9-3-10-20-35)43(53-30-37-23-13-5-14-24-37)44(46(49)55-33)57-47-45(54-31-38-25-15-6-16-26-38)42(52-29-36-21-11-4-12-22-36)40(48)39(56-47)32-50-27-34-17-7-2-8-18-34/h2-26,33,39-49H,27-32H2,1H3/t33-,39+,40+,41-,42-,43+,44+,45+,46+,47+/m0/s1. The predicted octanol–water partition coefficient (Wildman–Crippen LogP) is 6.75. The first kappa shape index (κ1) is 40.9. The summed E-state index contributed by atoms with van der Waals surface area (Å²) < 4.78 is 52.0. The van der Waals surface area contributed by atoms with Crippen LogP contribution in [-0.2, 0) is 70.9 Å². The second-order valence-corrected chi connectivity index (χ2v) is 14.4. The van der Waals surface area contributed by atoms with E-state index in [9.17, 15) is 10.2 Å². The van der Waals surface area contributed by atoms with Crippen LogP contribution in [0.1, 0.15) is 34.7 Å². The Morgan fingerprint density at radius 1 is 0.439 bits per heavy atom. The zero-order chi connectivity index (χ0) is 39.2. The fourth-order valence-corrected chi connectivity index (χ4v) is 7.15. The molecular formula is C47H52O10. The van der Waals surface area contributed by atoms with Crippen LogP contribution in [0.15, 0.2) is 152 Å². The van der Waals surface area contributed by atoms with Gasteiger partial charge in [0.1, 0.15) is 42.7 Å². The Labute approximate surface area is 334 Å². The molecule has 0 saturated carbocycles. The summed E-state index contributed by atoms with van der Waals surface area (Å²) in [5, 5.41) is 23.6. The SMILES string of the molecule is C[C@@H]1O[C@@H](O)[C@H](O[C@H]2O[C@H](COCc3ccccc3)[C@@H](O)[C@H](OCc3ccccc3)[C@H]2OCc2ccccc2)[C@H](OCc2ccccc2)[C@H]1OCc1ccccc1. The van der Waals surface area contributed by atoms with E-state index >= 15 is 0 Å². The third-order valence-electron chi connectivity index (χ3n) is 10.2. The minimum atomic E-state index is -1.42. The van der Waals surface area contributed by atoms with E-state index in [4.69, 9.17) is 37.9 Å². The van der Waals surface area contributed by atoms with Crippen LogP contribution < -0.4 is 0 Å². The van der Waals surface area contributed by atoms with E-state index < -0.39 is 61.4 Å². The monoisotopic (exact) mass is 776 g/mol. The van der Waals surface area contributed by atoms with Crippen molar-refractivity contribution in [2.24, 2.45) is 0 Å². The van der Waals surface area contributed by atoms with E-state index in [1.165, 1.54) is 0 Å². The molecule has 57 heavy (non-hydrogen) atoms. The number of aliphatic hydroxyl groups excluding tert-OH is 2. The van der Waals surface area contributed by atoms with Crippen molar-refractivity contribution < 1.29 is 48.1 Å². The molecule has 0 amide bonds. The Morgan fingerprint density at radius 2 is 0.825 bits per heavy atom. The fourth-order valence-electron chi connectivity index (χ4n) is 7.15. The first-order chi connectivity index (χ1) is 28.0. The Hall–Kier alpha value is -4.30. The van der Waals surface area contributed by atoms with Crippen molar-refractivity contribution >= 4 is 0 Å². The third kappa shape index (κ3) is 11.4. The van der Waals surface area contributed by atoms with Gasteiger partial charge in [0.05, 0.1) is 45.7 Å².